The molecule has 4 aliphatic rings. The Bertz CT molecular complexity index is 2800. The number of piperazine rings is 1. The first-order valence-corrected chi connectivity index (χ1v) is 28.2. The maximum Gasteiger partial charge on any atom is 0.254 e. The number of fused-ring (bicyclic) bond motifs is 1. The van der Waals surface area contributed by atoms with Gasteiger partial charge in [0.25, 0.3) is 5.91 Å². The van der Waals surface area contributed by atoms with Gasteiger partial charge >= 0.3 is 0 Å². The van der Waals surface area contributed by atoms with E-state index in [4.69, 9.17) is 25.2 Å². The highest BCUT2D eigenvalue weighted by Gasteiger charge is 2.52. The van der Waals surface area contributed by atoms with Crippen LogP contribution in [0, 0.1) is 18.8 Å². The second-order valence-electron chi connectivity index (χ2n) is 21.1. The van der Waals surface area contributed by atoms with Crippen LogP contribution in [0.3, 0.4) is 0 Å². The number of anilines is 1. The van der Waals surface area contributed by atoms with E-state index in [0.717, 1.165) is 67.1 Å². The molecule has 4 N–H and O–H groups in total. The summed E-state index contributed by atoms with van der Waals surface area (Å²) in [7, 11) is 2.07. The Hall–Kier alpha value is -5.63. The Labute approximate surface area is 434 Å². The fourth-order valence-electron chi connectivity index (χ4n) is 9.71. The molecule has 394 valence electrons. The van der Waals surface area contributed by atoms with Crippen molar-refractivity contribution in [2.45, 2.75) is 114 Å². The second-order valence-corrected chi connectivity index (χ2v) is 24.2. The number of nitrogens with zero attached hydrogens (tertiary/aromatic N) is 6. The first-order chi connectivity index (χ1) is 34.8. The van der Waals surface area contributed by atoms with Crippen molar-refractivity contribution in [3.05, 3.63) is 76.8 Å². The first-order valence-electron chi connectivity index (χ1n) is 25.8. The van der Waals surface area contributed by atoms with E-state index in [1.54, 1.807) is 31.1 Å². The molecule has 2 aromatic carbocycles. The van der Waals surface area contributed by atoms with Crippen molar-refractivity contribution in [1.29, 1.82) is 0 Å². The van der Waals surface area contributed by atoms with Crippen LogP contribution < -0.4 is 25.2 Å². The number of aromatic nitrogens is 2. The molecule has 0 spiro atoms. The molecule has 5 unspecified atom stereocenters. The Balaban J connectivity index is 0.962. The number of primary amides is 1. The van der Waals surface area contributed by atoms with Gasteiger partial charge < -0.3 is 35.2 Å². The fourth-order valence-corrected chi connectivity index (χ4v) is 12.0. The van der Waals surface area contributed by atoms with Crippen LogP contribution in [-0.2, 0) is 24.4 Å². The number of allylic oxidation sites excluding steroid dienone is 2. The van der Waals surface area contributed by atoms with Crippen LogP contribution >= 0.6 is 11.3 Å². The van der Waals surface area contributed by atoms with Gasteiger partial charge in [-0.2, -0.15) is 0 Å². The number of unbranched alkanes of at least 4 members (excludes halogenated alkanes) is 3. The van der Waals surface area contributed by atoms with Gasteiger partial charge in [-0.3, -0.25) is 28.8 Å². The van der Waals surface area contributed by atoms with E-state index in [-0.39, 0.29) is 42.5 Å². The minimum atomic E-state index is -3.66. The number of amides is 4. The summed E-state index contributed by atoms with van der Waals surface area (Å²) < 4.78 is 39.1. The molecule has 4 amide bonds. The molecule has 2 aliphatic carbocycles. The summed E-state index contributed by atoms with van der Waals surface area (Å²) >= 11 is 1.51. The standard InChI is InChI=1S/C54H73N9O8S2/c1-34(2)44-33-72-51(58-44)43-31-47(40-18-19-46(70-7)35(3)48(40)57-43)71-39-30-45(49(55)64)63(32-39)53(67)42(17-12-10-8-9-11-14-36-29-41(36)50(65)59-73(68,69)54(4)20-21-54)56-38-16-13-15-37(28-38)52(66)62-26-24-61(25-27-62)23-22-60(5)6/h11,13-16,18-19,28,31,33-34,36,39,41-42,45,56H,8-10,12,17,20-27,29-30,32H2,1-7H3,(H2,55,64)(H,59,65). The second kappa shape index (κ2) is 22.9. The fraction of sp³-hybridized carbons (Fsp3) is 0.556. The largest absolute Gasteiger partial charge is 0.496 e. The molecule has 8 rings (SSSR count). The van der Waals surface area contributed by atoms with Crippen LogP contribution in [0.25, 0.3) is 21.6 Å². The van der Waals surface area contributed by atoms with E-state index < -0.39 is 44.8 Å². The molecule has 2 aromatic heterocycles. The van der Waals surface area contributed by atoms with E-state index in [1.165, 1.54) is 11.3 Å². The number of thiazole rings is 1. The zero-order chi connectivity index (χ0) is 52.2. The van der Waals surface area contributed by atoms with Gasteiger partial charge in [0.1, 0.15) is 40.4 Å². The summed E-state index contributed by atoms with van der Waals surface area (Å²) in [4.78, 5) is 72.7. The molecule has 4 aromatic rings. The topological polar surface area (TPSA) is 210 Å². The molecular formula is C54H73N9O8S2. The number of rotatable bonds is 23. The molecule has 0 bridgehead atoms. The van der Waals surface area contributed by atoms with E-state index in [9.17, 15) is 27.6 Å². The molecule has 2 saturated carbocycles. The summed E-state index contributed by atoms with van der Waals surface area (Å²) in [5.41, 5.74) is 10.4. The third-order valence-corrected chi connectivity index (χ3v) is 18.0. The van der Waals surface area contributed by atoms with E-state index in [2.05, 4.69) is 53.9 Å². The lowest BCUT2D eigenvalue weighted by molar-refractivity contribution is -0.138. The number of nitrogens with one attached hydrogen (secondary N) is 2. The average molecular weight is 1040 g/mol. The zero-order valence-electron chi connectivity index (χ0n) is 43.4. The van der Waals surface area contributed by atoms with Gasteiger partial charge in [0.05, 0.1) is 29.6 Å². The predicted molar refractivity (Wildman–Crippen MR) is 285 cm³/mol. The number of benzene rings is 2. The Morgan fingerprint density at radius 1 is 1.00 bits per heavy atom. The molecule has 17 nitrogen and oxygen atoms in total. The monoisotopic (exact) mass is 1040 g/mol. The minimum absolute atomic E-state index is 0.0168. The maximum absolute atomic E-state index is 15.0. The number of sulfonamides is 1. The van der Waals surface area contributed by atoms with Gasteiger partial charge in [-0.25, -0.2) is 18.4 Å². The first kappa shape index (κ1) is 53.7. The number of likely N-dealkylation sites (tertiary alicyclic amines) is 1. The molecule has 4 heterocycles. The van der Waals surface area contributed by atoms with Gasteiger partial charge in [0.2, 0.25) is 27.7 Å². The number of hydrogen-bond donors (Lipinski definition) is 3. The number of likely N-dealkylation sites (N-methyl/N-ethyl adjacent to an activating group) is 1. The molecule has 4 fully saturated rings. The third-order valence-electron chi connectivity index (χ3n) is 14.9. The summed E-state index contributed by atoms with van der Waals surface area (Å²) in [6, 6.07) is 11.3. The molecule has 73 heavy (non-hydrogen) atoms. The summed E-state index contributed by atoms with van der Waals surface area (Å²) in [6.45, 7) is 12.7. The molecule has 5 atom stereocenters. The lowest BCUT2D eigenvalue weighted by Crippen LogP contribution is -2.50. The van der Waals surface area contributed by atoms with Gasteiger partial charge in [0.15, 0.2) is 0 Å². The number of aryl methyl sites for hydroxylation is 1. The zero-order valence-corrected chi connectivity index (χ0v) is 45.0. The van der Waals surface area contributed by atoms with Crippen molar-refractivity contribution in [1.82, 2.24) is 34.3 Å². The Kier molecular flexibility index (Phi) is 16.8. The number of pyridine rings is 1. The number of carbonyl (C=O) groups excluding carboxylic acids is 4. The van der Waals surface area contributed by atoms with Crippen molar-refractivity contribution < 1.29 is 37.1 Å². The van der Waals surface area contributed by atoms with Crippen molar-refractivity contribution in [2.75, 3.05) is 72.3 Å². The minimum Gasteiger partial charge on any atom is -0.496 e. The number of carbonyl (C=O) groups is 4. The SMILES string of the molecule is COc1ccc2c(OC3CC(C(N)=O)N(C(=O)C(CCCCCC=CC4CC4C(=O)NS(=O)(=O)C4(C)CC4)Nc4cccc(C(=O)N5CCN(CCN(C)C)CC5)c4)C3)cc(-c3nc(C(C)C)cs3)nc2c1C. The van der Waals surface area contributed by atoms with Gasteiger partial charge in [-0.05, 0) is 109 Å². The van der Waals surface area contributed by atoms with Crippen LogP contribution in [0.4, 0.5) is 5.69 Å². The highest BCUT2D eigenvalue weighted by atomic mass is 32.2. The average Bonchev–Trinajstić information content (AvgIpc) is 4.20. The van der Waals surface area contributed by atoms with Crippen molar-refractivity contribution in [2.24, 2.45) is 17.6 Å². The molecule has 2 aliphatic heterocycles. The summed E-state index contributed by atoms with van der Waals surface area (Å²) in [5, 5.41) is 7.02. The summed E-state index contributed by atoms with van der Waals surface area (Å²) in [5.74, 6) is -0.253. The Morgan fingerprint density at radius 3 is 2.45 bits per heavy atom. The van der Waals surface area contributed by atoms with Gasteiger partial charge in [0, 0.05) is 85.3 Å². The molecule has 0 radical (unpaired) electrons. The number of hydrogen-bond acceptors (Lipinski definition) is 14. The third kappa shape index (κ3) is 12.8. The normalized spacial score (nSPS) is 21.2. The smallest absolute Gasteiger partial charge is 0.254 e. The lowest BCUT2D eigenvalue weighted by Gasteiger charge is -2.35. The van der Waals surface area contributed by atoms with E-state index >= 15 is 0 Å². The highest BCUT2D eigenvalue weighted by Crippen LogP contribution is 2.44. The van der Waals surface area contributed by atoms with Crippen molar-refractivity contribution in [3.8, 4) is 22.2 Å². The van der Waals surface area contributed by atoms with Gasteiger partial charge in [-0.1, -0.05) is 44.9 Å². The maximum atomic E-state index is 15.0. The van der Waals surface area contributed by atoms with Crippen molar-refractivity contribution in [3.63, 3.8) is 0 Å². The van der Waals surface area contributed by atoms with Crippen LogP contribution in [0.1, 0.15) is 106 Å². The Morgan fingerprint density at radius 2 is 1.77 bits per heavy atom. The van der Waals surface area contributed by atoms with Crippen molar-refractivity contribution >= 4 is 61.6 Å². The highest BCUT2D eigenvalue weighted by molar-refractivity contribution is 7.91. The number of nitrogens with two attached hydrogens (primary N) is 1. The summed E-state index contributed by atoms with van der Waals surface area (Å²) in [6.07, 6.45) is 8.93. The lowest BCUT2D eigenvalue weighted by atomic mass is 10.0. The van der Waals surface area contributed by atoms with Crippen LogP contribution in [0.5, 0.6) is 11.5 Å². The predicted octanol–water partition coefficient (Wildman–Crippen LogP) is 6.57. The number of methoxy groups -OCH3 is 1. The van der Waals surface area contributed by atoms with Crippen LogP contribution in [0.15, 0.2) is 60.0 Å². The quantitative estimate of drug-likeness (QED) is 0.0531. The van der Waals surface area contributed by atoms with E-state index in [1.807, 2.05) is 53.6 Å². The van der Waals surface area contributed by atoms with Gasteiger partial charge in [-0.15, -0.1) is 11.3 Å². The molecular weight excluding hydrogens is 967 g/mol. The number of ether oxygens (including phenoxy) is 2. The van der Waals surface area contributed by atoms with Crippen LogP contribution in [0.2, 0.25) is 0 Å². The van der Waals surface area contributed by atoms with Crippen LogP contribution in [-0.4, -0.2) is 152 Å². The molecule has 2 saturated heterocycles. The molecule has 19 heteroatoms. The van der Waals surface area contributed by atoms with E-state index in [0.29, 0.717) is 79.2 Å².